The number of nitrogens with zero attached hydrogens (tertiary/aromatic N) is 2. The molecule has 2 aromatic carbocycles. The molecular formula is C22H14N2O5. The van der Waals surface area contributed by atoms with Crippen molar-refractivity contribution < 1.29 is 19.2 Å². The van der Waals surface area contributed by atoms with Crippen molar-refractivity contribution in [3.8, 4) is 11.3 Å². The van der Waals surface area contributed by atoms with Gasteiger partial charge in [-0.15, -0.1) is 0 Å². The van der Waals surface area contributed by atoms with E-state index < -0.39 is 10.9 Å². The van der Waals surface area contributed by atoms with Crippen LogP contribution in [0.15, 0.2) is 71.1 Å². The average Bonchev–Trinajstić information content (AvgIpc) is 3.20. The number of hydrogen-bond donors (Lipinski definition) is 1. The number of rotatable bonds is 5. The lowest BCUT2D eigenvalue weighted by molar-refractivity contribution is -0.384. The number of para-hydroxylation sites is 1. The Morgan fingerprint density at radius 3 is 2.66 bits per heavy atom. The fourth-order valence-corrected chi connectivity index (χ4v) is 3.00. The first kappa shape index (κ1) is 18.1. The molecule has 7 nitrogen and oxygen atoms in total. The van der Waals surface area contributed by atoms with Crippen LogP contribution in [-0.2, 0) is 0 Å². The quantitative estimate of drug-likeness (QED) is 0.370. The number of fused-ring (bicyclic) bond motifs is 1. The highest BCUT2D eigenvalue weighted by Crippen LogP contribution is 2.26. The third-order valence-electron chi connectivity index (χ3n) is 4.35. The van der Waals surface area contributed by atoms with Crippen molar-refractivity contribution in [1.29, 1.82) is 0 Å². The number of carbonyl (C=O) groups is 1. The molecule has 2 heterocycles. The van der Waals surface area contributed by atoms with Crippen LogP contribution in [0.2, 0.25) is 0 Å². The van der Waals surface area contributed by atoms with Crippen LogP contribution in [-0.4, -0.2) is 21.0 Å². The molecule has 29 heavy (non-hydrogen) atoms. The summed E-state index contributed by atoms with van der Waals surface area (Å²) in [6, 6.07) is 18.2. The van der Waals surface area contributed by atoms with Crippen molar-refractivity contribution in [3.63, 3.8) is 0 Å². The standard InChI is InChI=1S/C22H14N2O5/c25-22(26)19-13-15(23-20-7-2-1-6-18(19)20)8-9-17-10-11-21(29-17)14-4-3-5-16(12-14)24(27)28/h1-13H,(H,25,26)/b9-8+. The van der Waals surface area contributed by atoms with Crippen molar-refractivity contribution in [2.45, 2.75) is 0 Å². The van der Waals surface area contributed by atoms with Crippen molar-refractivity contribution in [2.24, 2.45) is 0 Å². The number of carboxylic acid groups (broad SMARTS) is 1. The summed E-state index contributed by atoms with van der Waals surface area (Å²) >= 11 is 0. The zero-order valence-electron chi connectivity index (χ0n) is 15.0. The Balaban J connectivity index is 1.65. The number of nitro benzene ring substituents is 1. The maximum absolute atomic E-state index is 11.6. The minimum Gasteiger partial charge on any atom is -0.478 e. The second kappa shape index (κ2) is 7.40. The van der Waals surface area contributed by atoms with Gasteiger partial charge >= 0.3 is 5.97 Å². The number of furan rings is 1. The number of benzene rings is 2. The van der Waals surface area contributed by atoms with Gasteiger partial charge < -0.3 is 9.52 Å². The van der Waals surface area contributed by atoms with Gasteiger partial charge in [0.15, 0.2) is 0 Å². The molecule has 0 amide bonds. The molecule has 4 aromatic rings. The monoisotopic (exact) mass is 386 g/mol. The highest BCUT2D eigenvalue weighted by Gasteiger charge is 2.11. The smallest absolute Gasteiger partial charge is 0.336 e. The fraction of sp³-hybridized carbons (Fsp3) is 0. The van der Waals surface area contributed by atoms with Gasteiger partial charge in [-0.2, -0.15) is 0 Å². The molecule has 0 radical (unpaired) electrons. The van der Waals surface area contributed by atoms with Crippen LogP contribution >= 0.6 is 0 Å². The highest BCUT2D eigenvalue weighted by atomic mass is 16.6. The summed E-state index contributed by atoms with van der Waals surface area (Å²) in [6.07, 6.45) is 3.33. The summed E-state index contributed by atoms with van der Waals surface area (Å²) in [5.74, 6) is -0.0198. The Bertz CT molecular complexity index is 1270. The van der Waals surface area contributed by atoms with Crippen molar-refractivity contribution >= 4 is 34.7 Å². The second-order valence-corrected chi connectivity index (χ2v) is 6.26. The Morgan fingerprint density at radius 1 is 1.03 bits per heavy atom. The van der Waals surface area contributed by atoms with Gasteiger partial charge in [0.2, 0.25) is 0 Å². The van der Waals surface area contributed by atoms with E-state index in [-0.39, 0.29) is 11.3 Å². The van der Waals surface area contributed by atoms with Gasteiger partial charge in [0.05, 0.1) is 21.7 Å². The molecule has 0 aliphatic rings. The topological polar surface area (TPSA) is 106 Å². The Kier molecular flexibility index (Phi) is 4.62. The van der Waals surface area contributed by atoms with Crippen LogP contribution in [0.1, 0.15) is 21.8 Å². The number of aromatic nitrogens is 1. The number of hydrogen-bond acceptors (Lipinski definition) is 5. The number of non-ortho nitro benzene ring substituents is 1. The van der Waals surface area contributed by atoms with Crippen LogP contribution in [0.5, 0.6) is 0 Å². The molecule has 2 aromatic heterocycles. The molecule has 0 aliphatic heterocycles. The van der Waals surface area contributed by atoms with Crippen LogP contribution in [0, 0.1) is 10.1 Å². The molecule has 142 valence electrons. The van der Waals surface area contributed by atoms with E-state index in [1.165, 1.54) is 18.2 Å². The first-order valence-electron chi connectivity index (χ1n) is 8.67. The molecule has 0 aliphatic carbocycles. The first-order valence-corrected chi connectivity index (χ1v) is 8.67. The lowest BCUT2D eigenvalue weighted by atomic mass is 10.1. The van der Waals surface area contributed by atoms with E-state index in [9.17, 15) is 20.0 Å². The van der Waals surface area contributed by atoms with Crippen LogP contribution < -0.4 is 0 Å². The van der Waals surface area contributed by atoms with Gasteiger partial charge in [-0.3, -0.25) is 10.1 Å². The average molecular weight is 386 g/mol. The van der Waals surface area contributed by atoms with E-state index in [1.807, 2.05) is 0 Å². The van der Waals surface area contributed by atoms with Crippen LogP contribution in [0.4, 0.5) is 5.69 Å². The van der Waals surface area contributed by atoms with Crippen molar-refractivity contribution in [2.75, 3.05) is 0 Å². The Labute approximate surface area is 164 Å². The number of nitro groups is 1. The minimum absolute atomic E-state index is 0.0162. The maximum Gasteiger partial charge on any atom is 0.336 e. The summed E-state index contributed by atoms with van der Waals surface area (Å²) < 4.78 is 5.74. The molecule has 0 fully saturated rings. The molecule has 0 bridgehead atoms. The zero-order chi connectivity index (χ0) is 20.4. The third-order valence-corrected chi connectivity index (χ3v) is 4.35. The van der Waals surface area contributed by atoms with Gasteiger partial charge in [0.25, 0.3) is 5.69 Å². The predicted octanol–water partition coefficient (Wildman–Crippen LogP) is 5.27. The van der Waals surface area contributed by atoms with Gasteiger partial charge in [-0.1, -0.05) is 30.3 Å². The Hall–Kier alpha value is -4.26. The second-order valence-electron chi connectivity index (χ2n) is 6.26. The van der Waals surface area contributed by atoms with Crippen molar-refractivity contribution in [3.05, 3.63) is 93.9 Å². The summed E-state index contributed by atoms with van der Waals surface area (Å²) in [4.78, 5) is 26.5. The molecule has 0 spiro atoms. The van der Waals surface area contributed by atoms with Crippen LogP contribution in [0.25, 0.3) is 34.4 Å². The molecular weight excluding hydrogens is 372 g/mol. The number of carboxylic acids is 1. The van der Waals surface area contributed by atoms with Gasteiger partial charge in [0.1, 0.15) is 11.5 Å². The van der Waals surface area contributed by atoms with Gasteiger partial charge in [-0.25, -0.2) is 9.78 Å². The summed E-state index contributed by atoms with van der Waals surface area (Å²) in [7, 11) is 0. The molecule has 0 atom stereocenters. The van der Waals surface area contributed by atoms with E-state index in [0.717, 1.165) is 0 Å². The number of pyridine rings is 1. The zero-order valence-corrected chi connectivity index (χ0v) is 15.0. The predicted molar refractivity (Wildman–Crippen MR) is 108 cm³/mol. The summed E-state index contributed by atoms with van der Waals surface area (Å²) in [6.45, 7) is 0. The normalized spacial score (nSPS) is 11.2. The summed E-state index contributed by atoms with van der Waals surface area (Å²) in [5, 5.41) is 21.0. The van der Waals surface area contributed by atoms with E-state index >= 15 is 0 Å². The molecule has 0 saturated heterocycles. The van der Waals surface area contributed by atoms with E-state index in [2.05, 4.69) is 4.98 Å². The highest BCUT2D eigenvalue weighted by molar-refractivity contribution is 6.03. The molecule has 0 saturated carbocycles. The lowest BCUT2D eigenvalue weighted by Gasteiger charge is -2.03. The lowest BCUT2D eigenvalue weighted by Crippen LogP contribution is -2.00. The first-order chi connectivity index (χ1) is 14.0. The summed E-state index contributed by atoms with van der Waals surface area (Å²) in [5.41, 5.74) is 1.82. The van der Waals surface area contributed by atoms with Crippen molar-refractivity contribution in [1.82, 2.24) is 4.98 Å². The Morgan fingerprint density at radius 2 is 1.86 bits per heavy atom. The maximum atomic E-state index is 11.6. The van der Waals surface area contributed by atoms with E-state index in [1.54, 1.807) is 60.7 Å². The minimum atomic E-state index is -1.02. The molecule has 7 heteroatoms. The third kappa shape index (κ3) is 3.74. The van der Waals surface area contributed by atoms with Gasteiger partial charge in [0, 0.05) is 23.1 Å². The number of aromatic carboxylic acids is 1. The largest absolute Gasteiger partial charge is 0.478 e. The fourth-order valence-electron chi connectivity index (χ4n) is 3.00. The van der Waals surface area contributed by atoms with E-state index in [4.69, 9.17) is 4.42 Å². The van der Waals surface area contributed by atoms with E-state index in [0.29, 0.717) is 33.7 Å². The molecule has 0 unspecified atom stereocenters. The van der Waals surface area contributed by atoms with Crippen LogP contribution in [0.3, 0.4) is 0 Å². The molecule has 4 rings (SSSR count). The SMILES string of the molecule is O=C(O)c1cc(/C=C/c2ccc(-c3cccc([N+](=O)[O-])c3)o2)nc2ccccc12. The molecule has 1 N–H and O–H groups in total. The van der Waals surface area contributed by atoms with Gasteiger partial charge in [-0.05, 0) is 36.4 Å².